The summed E-state index contributed by atoms with van der Waals surface area (Å²) in [4.78, 5) is 31.7. The molecule has 0 unspecified atom stereocenters. The van der Waals surface area contributed by atoms with E-state index < -0.39 is 0 Å². The lowest BCUT2D eigenvalue weighted by Gasteiger charge is -2.28. The topological polar surface area (TPSA) is 97.0 Å². The minimum Gasteiger partial charge on any atom is -0.445 e. The molecule has 2 aliphatic heterocycles. The van der Waals surface area contributed by atoms with Gasteiger partial charge in [-0.3, -0.25) is 4.79 Å². The van der Waals surface area contributed by atoms with Crippen LogP contribution in [0.5, 0.6) is 0 Å². The fraction of sp³-hybridized carbons (Fsp3) is 0.207. The first-order chi connectivity index (χ1) is 17.4. The van der Waals surface area contributed by atoms with E-state index >= 15 is 0 Å². The zero-order chi connectivity index (χ0) is 25.1. The van der Waals surface area contributed by atoms with Crippen molar-refractivity contribution in [2.24, 2.45) is 10.7 Å². The van der Waals surface area contributed by atoms with Crippen LogP contribution in [0.15, 0.2) is 77.3 Å². The number of rotatable bonds is 4. The molecule has 0 aromatic heterocycles. The number of ether oxygens (including phenoxy) is 1. The first-order valence-corrected chi connectivity index (χ1v) is 12.0. The largest absolute Gasteiger partial charge is 0.445 e. The van der Waals surface area contributed by atoms with Crippen LogP contribution >= 0.6 is 0 Å². The van der Waals surface area contributed by atoms with Gasteiger partial charge in [-0.2, -0.15) is 0 Å². The monoisotopic (exact) mass is 480 g/mol. The van der Waals surface area contributed by atoms with Gasteiger partial charge in [-0.25, -0.2) is 9.79 Å². The van der Waals surface area contributed by atoms with E-state index in [1.165, 1.54) is 0 Å². The number of amidine groups is 1. The number of hydrogen-bond donors (Lipinski definition) is 2. The second kappa shape index (κ2) is 10.1. The van der Waals surface area contributed by atoms with Crippen LogP contribution in [0.2, 0.25) is 0 Å². The van der Waals surface area contributed by atoms with Gasteiger partial charge >= 0.3 is 6.09 Å². The zero-order valence-corrected chi connectivity index (χ0v) is 20.2. The molecule has 0 fully saturated rings. The smallest absolute Gasteiger partial charge is 0.410 e. The lowest BCUT2D eigenvalue weighted by molar-refractivity contribution is 0.0918. The third-order valence-corrected chi connectivity index (χ3v) is 6.36. The summed E-state index contributed by atoms with van der Waals surface area (Å²) in [6.45, 7) is 3.31. The van der Waals surface area contributed by atoms with Gasteiger partial charge in [0.15, 0.2) is 0 Å². The summed E-state index contributed by atoms with van der Waals surface area (Å²) in [6.07, 6.45) is 3.04. The molecular formula is C29H28N4O3. The number of hydrogen-bond acceptors (Lipinski definition) is 5. The highest BCUT2D eigenvalue weighted by Gasteiger charge is 2.22. The minimum absolute atomic E-state index is 0.210. The number of benzene rings is 3. The lowest BCUT2D eigenvalue weighted by Crippen LogP contribution is -2.36. The molecule has 36 heavy (non-hydrogen) atoms. The van der Waals surface area contributed by atoms with Gasteiger partial charge in [0.25, 0.3) is 5.91 Å². The molecule has 182 valence electrons. The average Bonchev–Trinajstić information content (AvgIpc) is 3.03. The van der Waals surface area contributed by atoms with E-state index in [1.807, 2.05) is 67.6 Å². The summed E-state index contributed by atoms with van der Waals surface area (Å²) in [5, 5.41) is 2.98. The number of aliphatic imine (C=N–C) groups is 1. The van der Waals surface area contributed by atoms with Gasteiger partial charge in [0, 0.05) is 36.3 Å². The molecule has 3 aromatic carbocycles. The molecule has 2 heterocycles. The normalized spacial score (nSPS) is 14.5. The van der Waals surface area contributed by atoms with Crippen molar-refractivity contribution in [3.63, 3.8) is 0 Å². The number of nitrogens with one attached hydrogen (secondary N) is 1. The molecule has 0 bridgehead atoms. The Morgan fingerprint density at radius 1 is 1.06 bits per heavy atom. The average molecular weight is 481 g/mol. The molecule has 5 rings (SSSR count). The standard InChI is InChI=1S/C29H28N4O3/c1-19-13-22-7-8-23(16-26(22)32-27(30)14-19)28(34)31-25-10-9-24-17-33(12-11-21(24)15-25)29(35)36-18-20-5-3-2-4-6-20/h2-10,13,15-16H,11-12,14,17-18H2,1H3,(H2,30,32)(H,31,34). The molecule has 0 radical (unpaired) electrons. The molecule has 0 aliphatic carbocycles. The van der Waals surface area contributed by atoms with Gasteiger partial charge in [0.1, 0.15) is 12.4 Å². The Morgan fingerprint density at radius 2 is 1.89 bits per heavy atom. The maximum Gasteiger partial charge on any atom is 0.410 e. The van der Waals surface area contributed by atoms with Crippen LogP contribution in [0.1, 0.15) is 46.0 Å². The number of carbonyl (C=O) groups excluding carboxylic acids is 2. The third kappa shape index (κ3) is 5.30. The van der Waals surface area contributed by atoms with Crippen molar-refractivity contribution in [2.75, 3.05) is 11.9 Å². The van der Waals surface area contributed by atoms with Crippen molar-refractivity contribution >= 4 is 35.3 Å². The van der Waals surface area contributed by atoms with Gasteiger partial charge in [0.2, 0.25) is 0 Å². The third-order valence-electron chi connectivity index (χ3n) is 6.36. The molecule has 0 atom stereocenters. The predicted octanol–water partition coefficient (Wildman–Crippen LogP) is 5.43. The Morgan fingerprint density at radius 3 is 2.72 bits per heavy atom. The number of nitrogens with zero attached hydrogens (tertiary/aromatic N) is 2. The Balaban J connectivity index is 1.23. The lowest BCUT2D eigenvalue weighted by atomic mass is 9.99. The number of anilines is 1. The number of amides is 2. The van der Waals surface area contributed by atoms with E-state index in [2.05, 4.69) is 10.3 Å². The van der Waals surface area contributed by atoms with Gasteiger partial charge < -0.3 is 20.7 Å². The minimum atomic E-state index is -0.321. The van der Waals surface area contributed by atoms with E-state index in [9.17, 15) is 9.59 Å². The summed E-state index contributed by atoms with van der Waals surface area (Å²) < 4.78 is 5.48. The van der Waals surface area contributed by atoms with Crippen molar-refractivity contribution in [2.45, 2.75) is 32.9 Å². The fourth-order valence-corrected chi connectivity index (χ4v) is 4.50. The van der Waals surface area contributed by atoms with Crippen LogP contribution in [0, 0.1) is 0 Å². The summed E-state index contributed by atoms with van der Waals surface area (Å²) in [6, 6.07) is 20.9. The summed E-state index contributed by atoms with van der Waals surface area (Å²) in [5.74, 6) is 0.325. The first-order valence-electron chi connectivity index (χ1n) is 12.0. The molecule has 0 spiro atoms. The molecule has 3 aromatic rings. The van der Waals surface area contributed by atoms with E-state index in [0.29, 0.717) is 48.7 Å². The van der Waals surface area contributed by atoms with Crippen LogP contribution in [-0.2, 0) is 24.3 Å². The summed E-state index contributed by atoms with van der Waals surface area (Å²) in [7, 11) is 0. The highest BCUT2D eigenvalue weighted by Crippen LogP contribution is 2.28. The van der Waals surface area contributed by atoms with Gasteiger partial charge in [-0.15, -0.1) is 0 Å². The van der Waals surface area contributed by atoms with Crippen molar-refractivity contribution in [3.05, 3.63) is 100 Å². The number of fused-ring (bicyclic) bond motifs is 2. The maximum absolute atomic E-state index is 13.0. The molecule has 7 nitrogen and oxygen atoms in total. The maximum atomic E-state index is 13.0. The molecule has 3 N–H and O–H groups in total. The molecule has 2 amide bonds. The molecule has 2 aliphatic rings. The highest BCUT2D eigenvalue weighted by atomic mass is 16.6. The summed E-state index contributed by atoms with van der Waals surface area (Å²) >= 11 is 0. The van der Waals surface area contributed by atoms with Crippen LogP contribution in [0.4, 0.5) is 16.2 Å². The van der Waals surface area contributed by atoms with Crippen LogP contribution < -0.4 is 11.1 Å². The van der Waals surface area contributed by atoms with Crippen LogP contribution in [0.25, 0.3) is 6.08 Å². The first kappa shape index (κ1) is 23.4. The quantitative estimate of drug-likeness (QED) is 0.520. The fourth-order valence-electron chi connectivity index (χ4n) is 4.50. The summed E-state index contributed by atoms with van der Waals surface area (Å²) in [5.41, 5.74) is 13.1. The Labute approximate surface area is 210 Å². The SMILES string of the molecule is CC1=Cc2ccc(C(=O)Nc3ccc4c(c3)CCN(C(=O)OCc3ccccc3)C4)cc2N=C(N)C1. The second-order valence-corrected chi connectivity index (χ2v) is 9.19. The van der Waals surface area contributed by atoms with Crippen LogP contribution in [0.3, 0.4) is 0 Å². The van der Waals surface area contributed by atoms with E-state index in [1.54, 1.807) is 17.0 Å². The van der Waals surface area contributed by atoms with Gasteiger partial charge in [-0.05, 0) is 54.3 Å². The second-order valence-electron chi connectivity index (χ2n) is 9.19. The Kier molecular flexibility index (Phi) is 6.54. The van der Waals surface area contributed by atoms with Crippen molar-refractivity contribution in [1.82, 2.24) is 4.90 Å². The Hall–Kier alpha value is -4.39. The molecule has 0 saturated heterocycles. The molecular weight excluding hydrogens is 452 g/mol. The zero-order valence-electron chi connectivity index (χ0n) is 20.2. The van der Waals surface area contributed by atoms with E-state index in [4.69, 9.17) is 10.5 Å². The van der Waals surface area contributed by atoms with Gasteiger partial charge in [0.05, 0.1) is 5.69 Å². The van der Waals surface area contributed by atoms with E-state index in [-0.39, 0.29) is 18.6 Å². The van der Waals surface area contributed by atoms with Crippen molar-refractivity contribution < 1.29 is 14.3 Å². The molecule has 7 heteroatoms. The van der Waals surface area contributed by atoms with Crippen molar-refractivity contribution in [1.29, 1.82) is 0 Å². The number of carbonyl (C=O) groups is 2. The number of nitrogens with two attached hydrogens (primary N) is 1. The van der Waals surface area contributed by atoms with E-state index in [0.717, 1.165) is 27.8 Å². The highest BCUT2D eigenvalue weighted by molar-refractivity contribution is 6.05. The van der Waals surface area contributed by atoms with Crippen LogP contribution in [-0.4, -0.2) is 29.3 Å². The van der Waals surface area contributed by atoms with Crippen molar-refractivity contribution in [3.8, 4) is 0 Å². The molecule has 0 saturated carbocycles. The predicted molar refractivity (Wildman–Crippen MR) is 141 cm³/mol. The Bertz CT molecular complexity index is 1380. The van der Waals surface area contributed by atoms with Gasteiger partial charge in [-0.1, -0.05) is 54.1 Å².